The molecule has 2 aliphatic carbocycles. The standard InChI is InChI=1S/C25H44O6/c1-16(2)20-9-7-11-22(13-20)24(26)30-18(5)28-15-29-19(6)31-25(27)23-12-8-10-21(14-23)17(3)4/h16-23H,7-15H2,1-6H3. The van der Waals surface area contributed by atoms with E-state index in [-0.39, 0.29) is 30.6 Å². The quantitative estimate of drug-likeness (QED) is 0.321. The molecule has 6 heteroatoms. The van der Waals surface area contributed by atoms with E-state index in [2.05, 4.69) is 27.7 Å². The maximum absolute atomic E-state index is 12.5. The molecular weight excluding hydrogens is 396 g/mol. The van der Waals surface area contributed by atoms with Crippen LogP contribution in [0.5, 0.6) is 0 Å². The van der Waals surface area contributed by atoms with E-state index in [0.717, 1.165) is 38.5 Å². The normalized spacial score (nSPS) is 28.9. The first-order valence-corrected chi connectivity index (χ1v) is 12.3. The molecule has 0 amide bonds. The van der Waals surface area contributed by atoms with Crippen LogP contribution in [0.3, 0.4) is 0 Å². The van der Waals surface area contributed by atoms with Gasteiger partial charge >= 0.3 is 11.9 Å². The maximum Gasteiger partial charge on any atom is 0.311 e. The van der Waals surface area contributed by atoms with Crippen LogP contribution in [0.15, 0.2) is 0 Å². The van der Waals surface area contributed by atoms with Crippen molar-refractivity contribution in [1.82, 2.24) is 0 Å². The van der Waals surface area contributed by atoms with Crippen molar-refractivity contribution in [3.05, 3.63) is 0 Å². The summed E-state index contributed by atoms with van der Waals surface area (Å²) in [6.07, 6.45) is 6.70. The van der Waals surface area contributed by atoms with Crippen molar-refractivity contribution in [3.8, 4) is 0 Å². The minimum atomic E-state index is -0.694. The predicted octanol–water partition coefficient (Wildman–Crippen LogP) is 5.68. The largest absolute Gasteiger partial charge is 0.436 e. The summed E-state index contributed by atoms with van der Waals surface area (Å²) in [4.78, 5) is 24.9. The fourth-order valence-corrected chi connectivity index (χ4v) is 4.91. The topological polar surface area (TPSA) is 71.1 Å². The lowest BCUT2D eigenvalue weighted by molar-refractivity contribution is -0.235. The minimum absolute atomic E-state index is 0.0434. The van der Waals surface area contributed by atoms with Gasteiger partial charge in [-0.3, -0.25) is 9.59 Å². The van der Waals surface area contributed by atoms with Crippen molar-refractivity contribution < 1.29 is 28.5 Å². The molecule has 6 unspecified atom stereocenters. The number of carbonyl (C=O) groups excluding carboxylic acids is 2. The average molecular weight is 441 g/mol. The van der Waals surface area contributed by atoms with E-state index in [0.29, 0.717) is 23.7 Å². The highest BCUT2D eigenvalue weighted by Crippen LogP contribution is 2.35. The summed E-state index contributed by atoms with van der Waals surface area (Å²) in [6.45, 7) is 12.1. The molecule has 0 radical (unpaired) electrons. The van der Waals surface area contributed by atoms with E-state index in [1.165, 1.54) is 12.8 Å². The number of rotatable bonds is 10. The summed E-state index contributed by atoms with van der Waals surface area (Å²) in [5.41, 5.74) is 0. The van der Waals surface area contributed by atoms with Gasteiger partial charge in [0, 0.05) is 0 Å². The fraction of sp³-hybridized carbons (Fsp3) is 0.920. The van der Waals surface area contributed by atoms with Gasteiger partial charge in [-0.1, -0.05) is 53.4 Å². The molecule has 180 valence electrons. The third-order valence-electron chi connectivity index (χ3n) is 7.15. The average Bonchev–Trinajstić information content (AvgIpc) is 2.73. The van der Waals surface area contributed by atoms with Crippen LogP contribution in [-0.2, 0) is 28.5 Å². The highest BCUT2D eigenvalue weighted by Gasteiger charge is 2.32. The Bertz CT molecular complexity index is 512. The van der Waals surface area contributed by atoms with Crippen molar-refractivity contribution in [1.29, 1.82) is 0 Å². The van der Waals surface area contributed by atoms with Gasteiger partial charge in [-0.2, -0.15) is 0 Å². The minimum Gasteiger partial charge on any atom is -0.436 e. The van der Waals surface area contributed by atoms with Crippen LogP contribution in [-0.4, -0.2) is 31.3 Å². The zero-order chi connectivity index (χ0) is 23.0. The van der Waals surface area contributed by atoms with Gasteiger partial charge in [0.2, 0.25) is 12.6 Å². The van der Waals surface area contributed by atoms with Crippen LogP contribution in [0.2, 0.25) is 0 Å². The molecule has 0 aromatic carbocycles. The van der Waals surface area contributed by atoms with E-state index < -0.39 is 12.6 Å². The van der Waals surface area contributed by atoms with E-state index >= 15 is 0 Å². The lowest BCUT2D eigenvalue weighted by atomic mass is 9.76. The highest BCUT2D eigenvalue weighted by molar-refractivity contribution is 5.73. The number of hydrogen-bond acceptors (Lipinski definition) is 6. The summed E-state index contributed by atoms with van der Waals surface area (Å²) in [6, 6.07) is 0. The molecule has 0 aromatic rings. The Morgan fingerprint density at radius 3 is 1.42 bits per heavy atom. The first-order valence-electron chi connectivity index (χ1n) is 12.3. The Balaban J connectivity index is 1.64. The molecule has 2 saturated carbocycles. The van der Waals surface area contributed by atoms with E-state index in [9.17, 15) is 9.59 Å². The first-order chi connectivity index (χ1) is 14.7. The number of carbonyl (C=O) groups is 2. The van der Waals surface area contributed by atoms with Gasteiger partial charge in [-0.15, -0.1) is 0 Å². The van der Waals surface area contributed by atoms with Crippen LogP contribution in [0.25, 0.3) is 0 Å². The predicted molar refractivity (Wildman–Crippen MR) is 119 cm³/mol. The second-order valence-electron chi connectivity index (χ2n) is 10.2. The number of hydrogen-bond donors (Lipinski definition) is 0. The molecule has 31 heavy (non-hydrogen) atoms. The molecule has 0 heterocycles. The second kappa shape index (κ2) is 12.8. The highest BCUT2D eigenvalue weighted by atomic mass is 16.8. The zero-order valence-electron chi connectivity index (χ0n) is 20.4. The molecule has 2 aliphatic rings. The van der Waals surface area contributed by atoms with Gasteiger partial charge in [-0.05, 0) is 63.2 Å². The molecule has 0 bridgehead atoms. The van der Waals surface area contributed by atoms with Crippen LogP contribution < -0.4 is 0 Å². The van der Waals surface area contributed by atoms with Crippen molar-refractivity contribution in [2.45, 2.75) is 105 Å². The molecule has 0 spiro atoms. The summed E-state index contributed by atoms with van der Waals surface area (Å²) in [5.74, 6) is 1.89. The molecular formula is C25H44O6. The fourth-order valence-electron chi connectivity index (χ4n) is 4.91. The monoisotopic (exact) mass is 440 g/mol. The maximum atomic E-state index is 12.5. The van der Waals surface area contributed by atoms with Crippen molar-refractivity contribution >= 4 is 11.9 Å². The van der Waals surface area contributed by atoms with Crippen LogP contribution in [0, 0.1) is 35.5 Å². The molecule has 0 aromatic heterocycles. The third kappa shape index (κ3) is 8.72. The summed E-state index contributed by atoms with van der Waals surface area (Å²) in [5, 5.41) is 0. The van der Waals surface area contributed by atoms with Gasteiger partial charge in [-0.25, -0.2) is 0 Å². The number of esters is 2. The smallest absolute Gasteiger partial charge is 0.311 e. The van der Waals surface area contributed by atoms with Crippen LogP contribution >= 0.6 is 0 Å². The van der Waals surface area contributed by atoms with E-state index in [4.69, 9.17) is 18.9 Å². The molecule has 6 atom stereocenters. The Morgan fingerprint density at radius 1 is 0.677 bits per heavy atom. The Morgan fingerprint density at radius 2 is 1.06 bits per heavy atom. The zero-order valence-corrected chi connectivity index (χ0v) is 20.4. The first kappa shape index (κ1) is 26.1. The molecule has 2 rings (SSSR count). The Hall–Kier alpha value is -1.14. The van der Waals surface area contributed by atoms with Gasteiger partial charge in [0.25, 0.3) is 0 Å². The van der Waals surface area contributed by atoms with Gasteiger partial charge < -0.3 is 18.9 Å². The molecule has 0 aliphatic heterocycles. The number of ether oxygens (including phenoxy) is 4. The lowest BCUT2D eigenvalue weighted by Gasteiger charge is -2.31. The second-order valence-corrected chi connectivity index (χ2v) is 10.2. The molecule has 0 N–H and O–H groups in total. The van der Waals surface area contributed by atoms with Crippen molar-refractivity contribution in [3.63, 3.8) is 0 Å². The van der Waals surface area contributed by atoms with E-state index in [1.54, 1.807) is 13.8 Å². The Kier molecular flexibility index (Phi) is 10.8. The summed E-state index contributed by atoms with van der Waals surface area (Å²) >= 11 is 0. The van der Waals surface area contributed by atoms with Crippen molar-refractivity contribution in [2.75, 3.05) is 6.79 Å². The van der Waals surface area contributed by atoms with Crippen LogP contribution in [0.4, 0.5) is 0 Å². The molecule has 2 fully saturated rings. The SMILES string of the molecule is CC(OCOC(C)OC(=O)C1CCCC(C(C)C)C1)OC(=O)C1CCCC(C(C)C)C1. The van der Waals surface area contributed by atoms with Crippen LogP contribution in [0.1, 0.15) is 92.9 Å². The summed E-state index contributed by atoms with van der Waals surface area (Å²) < 4.78 is 21.9. The summed E-state index contributed by atoms with van der Waals surface area (Å²) in [7, 11) is 0. The van der Waals surface area contributed by atoms with E-state index in [1.807, 2.05) is 0 Å². The molecule has 6 nitrogen and oxygen atoms in total. The van der Waals surface area contributed by atoms with Crippen molar-refractivity contribution in [2.24, 2.45) is 35.5 Å². The Labute approximate surface area is 188 Å². The molecule has 0 saturated heterocycles. The van der Waals surface area contributed by atoms with Gasteiger partial charge in [0.15, 0.2) is 6.79 Å². The lowest BCUT2D eigenvalue weighted by Crippen LogP contribution is -2.31. The van der Waals surface area contributed by atoms with Gasteiger partial charge in [0.05, 0.1) is 11.8 Å². The third-order valence-corrected chi connectivity index (χ3v) is 7.15. The van der Waals surface area contributed by atoms with Gasteiger partial charge in [0.1, 0.15) is 0 Å².